The summed E-state index contributed by atoms with van der Waals surface area (Å²) in [7, 11) is 0. The maximum Gasteiger partial charge on any atom is 0.270 e. The van der Waals surface area contributed by atoms with Crippen molar-refractivity contribution < 1.29 is 9.53 Å². The molecule has 3 heterocycles. The molecular formula is C20H20ClN5O3. The summed E-state index contributed by atoms with van der Waals surface area (Å²) in [4.78, 5) is 36.2. The topological polar surface area (TPSA) is 88.8 Å². The van der Waals surface area contributed by atoms with Gasteiger partial charge < -0.3 is 10.1 Å². The number of fused-ring (bicyclic) bond motifs is 1. The fourth-order valence-electron chi connectivity index (χ4n) is 3.13. The number of nitrogens with zero attached hydrogens (tertiary/aromatic N) is 4. The minimum atomic E-state index is -0.474. The fraction of sp³-hybridized carbons (Fsp3) is 0.300. The first-order valence-electron chi connectivity index (χ1n) is 9.29. The van der Waals surface area contributed by atoms with Crippen LogP contribution in [0.15, 0.2) is 47.7 Å². The lowest BCUT2D eigenvalue weighted by Gasteiger charge is -2.26. The lowest BCUT2D eigenvalue weighted by Crippen LogP contribution is -2.36. The second-order valence-corrected chi connectivity index (χ2v) is 7.22. The van der Waals surface area contributed by atoms with Crippen molar-refractivity contribution in [3.63, 3.8) is 0 Å². The highest BCUT2D eigenvalue weighted by molar-refractivity contribution is 6.30. The number of amides is 1. The molecule has 0 radical (unpaired) electrons. The third-order valence-corrected chi connectivity index (χ3v) is 5.00. The molecule has 1 aromatic carbocycles. The molecule has 1 amide bonds. The highest BCUT2D eigenvalue weighted by atomic mass is 35.5. The van der Waals surface area contributed by atoms with E-state index in [9.17, 15) is 9.59 Å². The van der Waals surface area contributed by atoms with Gasteiger partial charge in [-0.15, -0.1) is 0 Å². The number of carbonyl (C=O) groups excluding carboxylic acids is 1. The van der Waals surface area contributed by atoms with Crippen LogP contribution in [0, 0.1) is 0 Å². The van der Waals surface area contributed by atoms with Crippen LogP contribution in [-0.4, -0.2) is 51.5 Å². The molecule has 1 saturated heterocycles. The fourth-order valence-corrected chi connectivity index (χ4v) is 3.26. The van der Waals surface area contributed by atoms with Gasteiger partial charge in [0.2, 0.25) is 0 Å². The average molecular weight is 414 g/mol. The highest BCUT2D eigenvalue weighted by Gasteiger charge is 2.15. The Kier molecular flexibility index (Phi) is 5.84. The van der Waals surface area contributed by atoms with Crippen LogP contribution in [-0.2, 0) is 17.8 Å². The van der Waals surface area contributed by atoms with Crippen molar-refractivity contribution in [1.82, 2.24) is 24.6 Å². The quantitative estimate of drug-likeness (QED) is 0.682. The van der Waals surface area contributed by atoms with Gasteiger partial charge in [0.15, 0.2) is 5.65 Å². The Morgan fingerprint density at radius 2 is 1.90 bits per heavy atom. The van der Waals surface area contributed by atoms with Gasteiger partial charge in [-0.25, -0.2) is 4.98 Å². The molecule has 0 aliphatic carbocycles. The van der Waals surface area contributed by atoms with E-state index in [4.69, 9.17) is 16.3 Å². The molecule has 1 aliphatic rings. The normalized spacial score (nSPS) is 14.8. The molecule has 9 heteroatoms. The van der Waals surface area contributed by atoms with E-state index < -0.39 is 11.5 Å². The molecule has 3 aromatic rings. The number of carbonyl (C=O) groups is 1. The van der Waals surface area contributed by atoms with Gasteiger partial charge in [-0.3, -0.25) is 23.9 Å². The first kappa shape index (κ1) is 19.5. The second-order valence-electron chi connectivity index (χ2n) is 6.78. The lowest BCUT2D eigenvalue weighted by molar-refractivity contribution is 0.0336. The number of benzene rings is 1. The van der Waals surface area contributed by atoms with E-state index in [1.165, 1.54) is 10.6 Å². The van der Waals surface area contributed by atoms with Crippen LogP contribution in [0.25, 0.3) is 5.65 Å². The van der Waals surface area contributed by atoms with E-state index in [2.05, 4.69) is 20.2 Å². The molecule has 1 fully saturated rings. The maximum absolute atomic E-state index is 12.9. The molecule has 150 valence electrons. The predicted octanol–water partition coefficient (Wildman–Crippen LogP) is 1.51. The zero-order valence-corrected chi connectivity index (χ0v) is 16.4. The summed E-state index contributed by atoms with van der Waals surface area (Å²) < 4.78 is 6.73. The van der Waals surface area contributed by atoms with Crippen molar-refractivity contribution in [2.45, 2.75) is 13.1 Å². The monoisotopic (exact) mass is 413 g/mol. The van der Waals surface area contributed by atoms with Crippen LogP contribution in [0.2, 0.25) is 5.02 Å². The molecule has 0 atom stereocenters. The molecule has 1 N–H and O–H groups in total. The first-order valence-corrected chi connectivity index (χ1v) is 9.67. The maximum atomic E-state index is 12.9. The third kappa shape index (κ3) is 4.61. The number of halogens is 1. The summed E-state index contributed by atoms with van der Waals surface area (Å²) in [6, 6.07) is 7.13. The van der Waals surface area contributed by atoms with Crippen LogP contribution >= 0.6 is 11.6 Å². The van der Waals surface area contributed by atoms with Gasteiger partial charge in [-0.05, 0) is 17.7 Å². The van der Waals surface area contributed by atoms with E-state index in [0.29, 0.717) is 30.4 Å². The SMILES string of the molecule is O=C(NCc1ccc(Cl)cc1)c1cnc2cnc(CN3CCOCC3)cn2c1=O. The lowest BCUT2D eigenvalue weighted by atomic mass is 10.2. The number of rotatable bonds is 5. The van der Waals surface area contributed by atoms with Crippen molar-refractivity contribution in [3.05, 3.63) is 75.1 Å². The Bertz CT molecular complexity index is 1080. The van der Waals surface area contributed by atoms with Crippen LogP contribution in [0.1, 0.15) is 21.6 Å². The molecule has 8 nitrogen and oxygen atoms in total. The molecule has 1 aliphatic heterocycles. The third-order valence-electron chi connectivity index (χ3n) is 4.75. The van der Waals surface area contributed by atoms with E-state index in [1.54, 1.807) is 24.5 Å². The van der Waals surface area contributed by atoms with E-state index in [0.717, 1.165) is 24.3 Å². The summed E-state index contributed by atoms with van der Waals surface area (Å²) in [5.74, 6) is -0.474. The smallest absolute Gasteiger partial charge is 0.270 e. The summed E-state index contributed by atoms with van der Waals surface area (Å²) in [6.07, 6.45) is 4.49. The first-order chi connectivity index (χ1) is 14.1. The Balaban J connectivity index is 1.52. The van der Waals surface area contributed by atoms with Gasteiger partial charge in [0.1, 0.15) is 5.56 Å². The molecule has 0 bridgehead atoms. The van der Waals surface area contributed by atoms with Gasteiger partial charge in [0.05, 0.1) is 25.1 Å². The number of morpholine rings is 1. The molecule has 2 aromatic heterocycles. The van der Waals surface area contributed by atoms with Crippen LogP contribution in [0.5, 0.6) is 0 Å². The van der Waals surface area contributed by atoms with E-state index in [-0.39, 0.29) is 12.1 Å². The minimum Gasteiger partial charge on any atom is -0.379 e. The average Bonchev–Trinajstić information content (AvgIpc) is 2.74. The van der Waals surface area contributed by atoms with Crippen molar-refractivity contribution in [2.24, 2.45) is 0 Å². The second kappa shape index (κ2) is 8.69. The summed E-state index contributed by atoms with van der Waals surface area (Å²) in [5.41, 5.74) is 1.58. The number of hydrogen-bond donors (Lipinski definition) is 1. The van der Waals surface area contributed by atoms with Crippen molar-refractivity contribution in [2.75, 3.05) is 26.3 Å². The molecule has 29 heavy (non-hydrogen) atoms. The van der Waals surface area contributed by atoms with Crippen LogP contribution in [0.4, 0.5) is 0 Å². The Labute approximate surface area is 172 Å². The van der Waals surface area contributed by atoms with Gasteiger partial charge in [0.25, 0.3) is 11.5 Å². The number of nitrogens with one attached hydrogen (secondary N) is 1. The van der Waals surface area contributed by atoms with Crippen molar-refractivity contribution >= 4 is 23.2 Å². The van der Waals surface area contributed by atoms with Crippen molar-refractivity contribution in [3.8, 4) is 0 Å². The largest absolute Gasteiger partial charge is 0.379 e. The Morgan fingerprint density at radius 1 is 1.14 bits per heavy atom. The van der Waals surface area contributed by atoms with Gasteiger partial charge in [-0.2, -0.15) is 0 Å². The Morgan fingerprint density at radius 3 is 2.66 bits per heavy atom. The highest BCUT2D eigenvalue weighted by Crippen LogP contribution is 2.09. The molecule has 4 rings (SSSR count). The Hall–Kier alpha value is -2.81. The zero-order chi connectivity index (χ0) is 20.2. The van der Waals surface area contributed by atoms with E-state index >= 15 is 0 Å². The standard InChI is InChI=1S/C20H20ClN5O3/c21-15-3-1-14(2-4-15)9-24-19(27)17-10-23-18-11-22-16(13-26(18)20(17)28)12-25-5-7-29-8-6-25/h1-4,10-11,13H,5-9,12H2,(H,24,27). The summed E-state index contributed by atoms with van der Waals surface area (Å²) in [5, 5.41) is 3.37. The summed E-state index contributed by atoms with van der Waals surface area (Å²) >= 11 is 5.87. The van der Waals surface area contributed by atoms with Crippen LogP contribution < -0.4 is 10.9 Å². The number of ether oxygens (including phenoxy) is 1. The minimum absolute atomic E-state index is 0.0139. The summed E-state index contributed by atoms with van der Waals surface area (Å²) in [6.45, 7) is 3.91. The van der Waals surface area contributed by atoms with Crippen molar-refractivity contribution in [1.29, 1.82) is 0 Å². The van der Waals surface area contributed by atoms with Gasteiger partial charge in [-0.1, -0.05) is 23.7 Å². The van der Waals surface area contributed by atoms with Gasteiger partial charge >= 0.3 is 0 Å². The zero-order valence-electron chi connectivity index (χ0n) is 15.7. The van der Waals surface area contributed by atoms with Crippen LogP contribution in [0.3, 0.4) is 0 Å². The molecular weight excluding hydrogens is 394 g/mol. The number of aromatic nitrogens is 3. The van der Waals surface area contributed by atoms with Gasteiger partial charge in [0, 0.05) is 43.6 Å². The molecule has 0 spiro atoms. The number of hydrogen-bond acceptors (Lipinski definition) is 6. The predicted molar refractivity (Wildman–Crippen MR) is 108 cm³/mol. The van der Waals surface area contributed by atoms with E-state index in [1.807, 2.05) is 12.1 Å². The molecule has 0 saturated carbocycles. The molecule has 0 unspecified atom stereocenters.